The van der Waals surface area contributed by atoms with Gasteiger partial charge in [-0.1, -0.05) is 23.7 Å². The summed E-state index contributed by atoms with van der Waals surface area (Å²) in [6.45, 7) is 11.4. The van der Waals surface area contributed by atoms with E-state index in [1.807, 2.05) is 0 Å². The van der Waals surface area contributed by atoms with Crippen LogP contribution in [0.25, 0.3) is 10.8 Å². The molecule has 252 valence electrons. The van der Waals surface area contributed by atoms with E-state index in [-0.39, 0.29) is 41.8 Å². The van der Waals surface area contributed by atoms with Crippen molar-refractivity contribution in [1.82, 2.24) is 19.8 Å². The lowest BCUT2D eigenvalue weighted by Gasteiger charge is -2.37. The number of hydrogen-bond acceptors (Lipinski definition) is 7. The lowest BCUT2D eigenvalue weighted by Crippen LogP contribution is -2.53. The summed E-state index contributed by atoms with van der Waals surface area (Å²) in [4.78, 5) is 44.1. The van der Waals surface area contributed by atoms with Gasteiger partial charge in [0, 0.05) is 43.2 Å². The molecule has 1 saturated heterocycles. The molecule has 0 spiro atoms. The zero-order valence-corrected chi connectivity index (χ0v) is 28.8. The minimum atomic E-state index is -3.72. The number of guanidine groups is 1. The quantitative estimate of drug-likeness (QED) is 0.328. The van der Waals surface area contributed by atoms with Crippen LogP contribution in [0.4, 0.5) is 9.59 Å². The van der Waals surface area contributed by atoms with Gasteiger partial charge in [0.25, 0.3) is 0 Å². The molecule has 4 rings (SSSR count). The first-order valence-electron chi connectivity index (χ1n) is 15.5. The van der Waals surface area contributed by atoms with Crippen molar-refractivity contribution in [2.75, 3.05) is 26.2 Å². The van der Waals surface area contributed by atoms with E-state index >= 15 is 0 Å². The lowest BCUT2D eigenvalue weighted by molar-refractivity contribution is -0.137. The van der Waals surface area contributed by atoms with Gasteiger partial charge in [-0.3, -0.25) is 10.1 Å². The summed E-state index contributed by atoms with van der Waals surface area (Å²) in [6.07, 6.45) is 0.743. The molecule has 14 heteroatoms. The number of amides is 3. The molecular weight excluding hydrogens is 634 g/mol. The van der Waals surface area contributed by atoms with Gasteiger partial charge >= 0.3 is 12.2 Å². The van der Waals surface area contributed by atoms with Gasteiger partial charge in [-0.2, -0.15) is 4.31 Å². The number of benzene rings is 2. The SMILES string of the molecule is CC(C)(C)OC(=O)/N=C(/NC(=O)OC(C)(C)C)NC1CCC(C(=O)N2CCN(S(=O)(=O)c3ccc4cc(Cl)ccc4c3)CC2)CC1. The van der Waals surface area contributed by atoms with Crippen LogP contribution in [-0.4, -0.2) is 85.1 Å². The summed E-state index contributed by atoms with van der Waals surface area (Å²) in [7, 11) is -3.72. The van der Waals surface area contributed by atoms with Crippen molar-refractivity contribution in [2.24, 2.45) is 10.9 Å². The van der Waals surface area contributed by atoms with Crippen LogP contribution in [0, 0.1) is 5.92 Å². The first-order chi connectivity index (χ1) is 21.4. The number of aliphatic imine (C=N–C) groups is 1. The van der Waals surface area contributed by atoms with Crippen LogP contribution in [-0.2, 0) is 24.3 Å². The number of halogens is 1. The molecular formula is C32H44ClN5O7S. The largest absolute Gasteiger partial charge is 0.444 e. The highest BCUT2D eigenvalue weighted by atomic mass is 35.5. The summed E-state index contributed by atoms with van der Waals surface area (Å²) in [5.74, 6) is -0.281. The third kappa shape index (κ3) is 9.79. The Morgan fingerprint density at radius 3 is 2.04 bits per heavy atom. The molecule has 1 saturated carbocycles. The normalized spacial score (nSPS) is 20.2. The number of nitrogens with zero attached hydrogens (tertiary/aromatic N) is 3. The minimum Gasteiger partial charge on any atom is -0.444 e. The molecule has 2 aromatic rings. The maximum atomic E-state index is 13.4. The fraction of sp³-hybridized carbons (Fsp3) is 0.562. The first-order valence-corrected chi connectivity index (χ1v) is 17.3. The van der Waals surface area contributed by atoms with Crippen molar-refractivity contribution in [1.29, 1.82) is 0 Å². The average Bonchev–Trinajstić information content (AvgIpc) is 2.95. The van der Waals surface area contributed by atoms with Crippen LogP contribution in [0.15, 0.2) is 46.3 Å². The molecule has 2 aromatic carbocycles. The van der Waals surface area contributed by atoms with Gasteiger partial charge in [-0.05, 0) is 102 Å². The second-order valence-corrected chi connectivity index (χ2v) is 16.0. The second kappa shape index (κ2) is 14.1. The molecule has 12 nitrogen and oxygen atoms in total. The number of ether oxygens (including phenoxy) is 2. The minimum absolute atomic E-state index is 0.00704. The number of carbonyl (C=O) groups is 3. The standard InChI is InChI=1S/C32H44ClN5O7S/c1-31(2,3)44-29(40)35-28(36-30(41)45-32(4,5)6)34-25-12-8-21(9-13-25)27(39)37-15-17-38(18-16-37)46(42,43)26-14-10-22-19-24(33)11-7-23(22)20-26/h7,10-11,14,19-21,25H,8-9,12-13,15-18H2,1-6H3,(H2,34,35,36,40,41). The number of rotatable bonds is 4. The number of carbonyl (C=O) groups excluding carboxylic acids is 3. The Hall–Kier alpha value is -3.42. The third-order valence-corrected chi connectivity index (χ3v) is 9.72. The smallest absolute Gasteiger partial charge is 0.437 e. The Morgan fingerprint density at radius 1 is 0.848 bits per heavy atom. The molecule has 0 bridgehead atoms. The maximum absolute atomic E-state index is 13.4. The highest BCUT2D eigenvalue weighted by Crippen LogP contribution is 2.28. The Kier molecular flexibility index (Phi) is 10.9. The number of sulfonamides is 1. The molecule has 2 fully saturated rings. The van der Waals surface area contributed by atoms with E-state index in [4.69, 9.17) is 21.1 Å². The predicted molar refractivity (Wildman–Crippen MR) is 176 cm³/mol. The van der Waals surface area contributed by atoms with E-state index in [2.05, 4.69) is 15.6 Å². The van der Waals surface area contributed by atoms with E-state index in [9.17, 15) is 22.8 Å². The number of piperazine rings is 1. The van der Waals surface area contributed by atoms with Gasteiger partial charge < -0.3 is 19.7 Å². The van der Waals surface area contributed by atoms with Crippen LogP contribution in [0.3, 0.4) is 0 Å². The van der Waals surface area contributed by atoms with E-state index in [1.165, 1.54) is 4.31 Å². The molecule has 2 aliphatic rings. The van der Waals surface area contributed by atoms with Crippen LogP contribution < -0.4 is 10.6 Å². The van der Waals surface area contributed by atoms with Crippen LogP contribution in [0.1, 0.15) is 67.2 Å². The Bertz CT molecular complexity index is 1580. The zero-order chi connectivity index (χ0) is 33.9. The molecule has 2 N–H and O–H groups in total. The lowest BCUT2D eigenvalue weighted by atomic mass is 9.85. The molecule has 46 heavy (non-hydrogen) atoms. The topological polar surface area (TPSA) is 147 Å². The number of hydrogen-bond donors (Lipinski definition) is 2. The average molecular weight is 678 g/mol. The van der Waals surface area contributed by atoms with Crippen LogP contribution in [0.2, 0.25) is 5.02 Å². The third-order valence-electron chi connectivity index (χ3n) is 7.60. The maximum Gasteiger partial charge on any atom is 0.437 e. The van der Waals surface area contributed by atoms with Crippen molar-refractivity contribution in [3.8, 4) is 0 Å². The summed E-state index contributed by atoms with van der Waals surface area (Å²) in [5.41, 5.74) is -1.52. The first kappa shape index (κ1) is 35.4. The Labute approximate surface area is 275 Å². The molecule has 1 aliphatic carbocycles. The molecule has 1 aliphatic heterocycles. The molecule has 1 heterocycles. The van der Waals surface area contributed by atoms with Gasteiger partial charge in [0.2, 0.25) is 21.9 Å². The monoisotopic (exact) mass is 677 g/mol. The summed E-state index contributed by atoms with van der Waals surface area (Å²) in [6, 6.07) is 10.1. The molecule has 0 unspecified atom stereocenters. The van der Waals surface area contributed by atoms with Gasteiger partial charge in [0.1, 0.15) is 11.2 Å². The molecule has 3 amide bonds. The van der Waals surface area contributed by atoms with Crippen LogP contribution in [0.5, 0.6) is 0 Å². The van der Waals surface area contributed by atoms with Crippen molar-refractivity contribution in [3.63, 3.8) is 0 Å². The van der Waals surface area contributed by atoms with Crippen molar-refractivity contribution in [3.05, 3.63) is 41.4 Å². The van der Waals surface area contributed by atoms with Gasteiger partial charge in [-0.25, -0.2) is 18.0 Å². The van der Waals surface area contributed by atoms with Gasteiger partial charge in [-0.15, -0.1) is 4.99 Å². The Morgan fingerprint density at radius 2 is 1.43 bits per heavy atom. The summed E-state index contributed by atoms with van der Waals surface area (Å²) >= 11 is 6.06. The molecule has 0 radical (unpaired) electrons. The van der Waals surface area contributed by atoms with E-state index < -0.39 is 33.4 Å². The van der Waals surface area contributed by atoms with Crippen molar-refractivity contribution < 1.29 is 32.3 Å². The second-order valence-electron chi connectivity index (χ2n) is 13.6. The van der Waals surface area contributed by atoms with Crippen molar-refractivity contribution in [2.45, 2.75) is 89.4 Å². The van der Waals surface area contributed by atoms with Crippen molar-refractivity contribution >= 4 is 56.4 Å². The number of fused-ring (bicyclic) bond motifs is 1. The Balaban J connectivity index is 1.31. The van der Waals surface area contributed by atoms with E-state index in [0.29, 0.717) is 43.8 Å². The highest BCUT2D eigenvalue weighted by molar-refractivity contribution is 7.89. The summed E-state index contributed by atoms with van der Waals surface area (Å²) < 4.78 is 38.8. The fourth-order valence-corrected chi connectivity index (χ4v) is 7.10. The summed E-state index contributed by atoms with van der Waals surface area (Å²) in [5, 5.41) is 7.85. The van der Waals surface area contributed by atoms with E-state index in [1.54, 1.807) is 82.8 Å². The number of nitrogens with one attached hydrogen (secondary N) is 2. The number of alkyl carbamates (subject to hydrolysis) is 1. The van der Waals surface area contributed by atoms with Gasteiger partial charge in [0.05, 0.1) is 4.90 Å². The zero-order valence-electron chi connectivity index (χ0n) is 27.3. The van der Waals surface area contributed by atoms with Crippen LogP contribution >= 0.6 is 11.6 Å². The van der Waals surface area contributed by atoms with Gasteiger partial charge in [0.15, 0.2) is 0 Å². The molecule has 0 aromatic heterocycles. The predicted octanol–water partition coefficient (Wildman–Crippen LogP) is 5.29. The fourth-order valence-electron chi connectivity index (χ4n) is 5.46. The highest BCUT2D eigenvalue weighted by Gasteiger charge is 2.35. The van der Waals surface area contributed by atoms with E-state index in [0.717, 1.165) is 10.8 Å². The molecule has 0 atom stereocenters.